The molecule has 406 valence electrons. The first-order valence-corrected chi connectivity index (χ1v) is 24.8. The lowest BCUT2D eigenvalue weighted by Crippen LogP contribution is -2.63. The summed E-state index contributed by atoms with van der Waals surface area (Å²) in [6.45, 7) is 12.8. The molecule has 2 fully saturated rings. The van der Waals surface area contributed by atoms with E-state index in [0.29, 0.717) is 32.1 Å². The van der Waals surface area contributed by atoms with E-state index in [9.17, 15) is 57.8 Å². The second kappa shape index (κ2) is 29.7. The molecule has 0 unspecified atom stereocenters. The van der Waals surface area contributed by atoms with Gasteiger partial charge in [-0.25, -0.2) is 0 Å². The smallest absolute Gasteiger partial charge is 0.245 e. The number of aliphatic hydroxyl groups excluding tert-OH is 1. The minimum atomic E-state index is -1.64. The molecule has 16 N–H and O–H groups in total. The maximum absolute atomic E-state index is 14.3. The van der Waals surface area contributed by atoms with Crippen molar-refractivity contribution in [3.05, 3.63) is 0 Å². The van der Waals surface area contributed by atoms with Crippen LogP contribution >= 0.6 is 0 Å². The van der Waals surface area contributed by atoms with Crippen LogP contribution in [0, 0.1) is 11.8 Å². The van der Waals surface area contributed by atoms with Gasteiger partial charge in [-0.2, -0.15) is 0 Å². The molecule has 0 spiro atoms. The van der Waals surface area contributed by atoms with Crippen molar-refractivity contribution in [2.24, 2.45) is 39.8 Å². The van der Waals surface area contributed by atoms with Crippen LogP contribution in [-0.2, 0) is 52.7 Å². The average molecular weight is 1020 g/mol. The number of carbonyl (C=O) groups excluding carboxylic acids is 11. The molecule has 26 heteroatoms. The number of nitrogens with zero attached hydrogens (tertiary/aromatic N) is 3. The standard InChI is InChI=1S/C46H80N14O12/c1-9-14-29(44(71)60-22-13-17-32(60)40(67)54-30(15-11-20-51-46(49)50)45(72)59-21-12-16-31(59)39(66)52-25(6)37(48)64)55-43(70)36(26(7)61)58-42(69)35(24(5)10-2)57-41(68)34(23(3)4)56-38(65)28(53-27(8)62)18-19-33(47)63/h23-26,28-32,34-36,61H,9-22H2,1-8H3,(H2,47,63)(H2,48,64)(H,52,66)(H,53,62)(H,54,67)(H,55,70)(H,56,65)(H,57,68)(H,58,69)(H4,49,50,51)/t24-,25+,26+,28-,29-,30-,31-,32-,34-,35+,36-/m0/s1. The molecular formula is C46H80N14O12. The van der Waals surface area contributed by atoms with Crippen LogP contribution in [-0.4, -0.2) is 166 Å². The summed E-state index contributed by atoms with van der Waals surface area (Å²) in [6, 6.07) is -10.8. The highest BCUT2D eigenvalue weighted by Crippen LogP contribution is 2.23. The normalized spacial score (nSPS) is 19.1. The van der Waals surface area contributed by atoms with E-state index < -0.39 is 137 Å². The number of rotatable bonds is 29. The minimum absolute atomic E-state index is 0.0575. The summed E-state index contributed by atoms with van der Waals surface area (Å²) in [5, 5.41) is 29.0. The minimum Gasteiger partial charge on any atom is -0.391 e. The maximum Gasteiger partial charge on any atom is 0.245 e. The second-order valence-electron chi connectivity index (χ2n) is 19.0. The number of carbonyl (C=O) groups is 11. The van der Waals surface area contributed by atoms with Crippen LogP contribution < -0.4 is 60.2 Å². The molecule has 0 aromatic heterocycles. The first kappa shape index (κ1) is 61.5. The lowest BCUT2D eigenvalue weighted by atomic mass is 9.95. The number of aliphatic hydroxyl groups is 1. The predicted octanol–water partition coefficient (Wildman–Crippen LogP) is -3.91. The number of primary amides is 2. The van der Waals surface area contributed by atoms with Crippen molar-refractivity contribution in [1.29, 1.82) is 0 Å². The van der Waals surface area contributed by atoms with Crippen LogP contribution in [0.15, 0.2) is 4.99 Å². The first-order valence-electron chi connectivity index (χ1n) is 24.8. The van der Waals surface area contributed by atoms with Crippen LogP contribution in [0.5, 0.6) is 0 Å². The highest BCUT2D eigenvalue weighted by Gasteiger charge is 2.43. The fourth-order valence-corrected chi connectivity index (χ4v) is 8.41. The van der Waals surface area contributed by atoms with Crippen molar-refractivity contribution in [2.75, 3.05) is 19.6 Å². The van der Waals surface area contributed by atoms with Gasteiger partial charge in [0, 0.05) is 33.0 Å². The number of hydrogen-bond acceptors (Lipinski definition) is 13. The van der Waals surface area contributed by atoms with E-state index in [1.165, 1.54) is 30.6 Å². The molecule has 2 heterocycles. The number of nitrogens with two attached hydrogens (primary N) is 4. The largest absolute Gasteiger partial charge is 0.391 e. The van der Waals surface area contributed by atoms with Gasteiger partial charge in [0.25, 0.3) is 0 Å². The van der Waals surface area contributed by atoms with E-state index >= 15 is 0 Å². The van der Waals surface area contributed by atoms with Crippen molar-refractivity contribution in [3.63, 3.8) is 0 Å². The Hall–Kier alpha value is -6.60. The van der Waals surface area contributed by atoms with Gasteiger partial charge in [-0.15, -0.1) is 0 Å². The summed E-state index contributed by atoms with van der Waals surface area (Å²) in [6.07, 6.45) is 0.637. The molecule has 11 amide bonds. The third-order valence-corrected chi connectivity index (χ3v) is 12.7. The lowest BCUT2D eigenvalue weighted by molar-refractivity contribution is -0.145. The molecule has 72 heavy (non-hydrogen) atoms. The molecule has 26 nitrogen and oxygen atoms in total. The summed E-state index contributed by atoms with van der Waals surface area (Å²) in [4.78, 5) is 152. The lowest BCUT2D eigenvalue weighted by Gasteiger charge is -2.33. The van der Waals surface area contributed by atoms with Gasteiger partial charge in [0.2, 0.25) is 65.0 Å². The Kier molecular flexibility index (Phi) is 25.4. The monoisotopic (exact) mass is 1020 g/mol. The molecule has 2 aliphatic heterocycles. The van der Waals surface area contributed by atoms with E-state index in [1.807, 2.05) is 0 Å². The number of aliphatic imine (C=N–C) groups is 1. The van der Waals surface area contributed by atoms with Crippen molar-refractivity contribution in [2.45, 2.75) is 186 Å². The summed E-state index contributed by atoms with van der Waals surface area (Å²) in [5.74, 6) is -9.06. The zero-order valence-electron chi connectivity index (χ0n) is 42.9. The third-order valence-electron chi connectivity index (χ3n) is 12.7. The molecule has 0 aliphatic carbocycles. The number of nitrogens with one attached hydrogen (secondary N) is 7. The van der Waals surface area contributed by atoms with Gasteiger partial charge in [0.05, 0.1) is 6.10 Å². The van der Waals surface area contributed by atoms with Gasteiger partial charge in [-0.05, 0) is 77.0 Å². The molecule has 2 rings (SSSR count). The molecule has 2 saturated heterocycles. The van der Waals surface area contributed by atoms with Gasteiger partial charge in [-0.1, -0.05) is 47.5 Å². The average Bonchev–Trinajstić information content (AvgIpc) is 4.01. The number of likely N-dealkylation sites (tertiary alicyclic amines) is 2. The SMILES string of the molecule is CCC[C@H](NC(=O)[C@@H](NC(=O)[C@H](NC(=O)[C@@H](NC(=O)[C@H](CCC(N)=O)NC(C)=O)C(C)C)[C@@H](C)CC)[C@@H](C)O)C(=O)N1CCC[C@H]1C(=O)N[C@@H](CCCN=C(N)N)C(=O)N1CCC[C@H]1C(=O)N[C@H](C)C(N)=O. The topological polar surface area (TPSA) is 415 Å². The molecule has 0 radical (unpaired) electrons. The van der Waals surface area contributed by atoms with Crippen LogP contribution in [0.2, 0.25) is 0 Å². The molecular weight excluding hydrogens is 941 g/mol. The Labute approximate surface area is 420 Å². The summed E-state index contributed by atoms with van der Waals surface area (Å²) in [5.41, 5.74) is 21.6. The van der Waals surface area contributed by atoms with Crippen molar-refractivity contribution in [3.8, 4) is 0 Å². The van der Waals surface area contributed by atoms with E-state index in [-0.39, 0.29) is 64.1 Å². The zero-order chi connectivity index (χ0) is 54.6. The van der Waals surface area contributed by atoms with Crippen molar-refractivity contribution >= 4 is 70.9 Å². The van der Waals surface area contributed by atoms with Crippen LogP contribution in [0.25, 0.3) is 0 Å². The van der Waals surface area contributed by atoms with Gasteiger partial charge in [-0.3, -0.25) is 57.7 Å². The van der Waals surface area contributed by atoms with Crippen LogP contribution in [0.3, 0.4) is 0 Å². The van der Waals surface area contributed by atoms with Crippen molar-refractivity contribution < 1.29 is 57.8 Å². The van der Waals surface area contributed by atoms with Gasteiger partial charge in [0.1, 0.15) is 54.4 Å². The van der Waals surface area contributed by atoms with Crippen LogP contribution in [0.4, 0.5) is 0 Å². The Bertz CT molecular complexity index is 1980. The van der Waals surface area contributed by atoms with Gasteiger partial charge in [0.15, 0.2) is 5.96 Å². The second-order valence-corrected chi connectivity index (χ2v) is 19.0. The summed E-state index contributed by atoms with van der Waals surface area (Å²) in [7, 11) is 0. The Morgan fingerprint density at radius 3 is 1.58 bits per heavy atom. The number of guanidine groups is 1. The molecule has 2 aliphatic rings. The molecule has 0 saturated carbocycles. The predicted molar refractivity (Wildman–Crippen MR) is 263 cm³/mol. The molecule has 11 atom stereocenters. The maximum atomic E-state index is 14.3. The zero-order valence-corrected chi connectivity index (χ0v) is 42.9. The fraction of sp³-hybridized carbons (Fsp3) is 0.739. The summed E-state index contributed by atoms with van der Waals surface area (Å²) < 4.78 is 0. The van der Waals surface area contributed by atoms with E-state index in [1.54, 1.807) is 34.6 Å². The van der Waals surface area contributed by atoms with Gasteiger partial charge >= 0.3 is 0 Å². The molecule has 0 aromatic carbocycles. The van der Waals surface area contributed by atoms with Crippen molar-refractivity contribution in [1.82, 2.24) is 47.0 Å². The molecule has 0 aromatic rings. The Morgan fingerprint density at radius 2 is 1.11 bits per heavy atom. The Balaban J connectivity index is 2.32. The van der Waals surface area contributed by atoms with E-state index in [0.717, 1.165) is 0 Å². The number of hydrogen-bond donors (Lipinski definition) is 12. The van der Waals surface area contributed by atoms with Crippen LogP contribution in [0.1, 0.15) is 126 Å². The summed E-state index contributed by atoms with van der Waals surface area (Å²) >= 11 is 0. The first-order chi connectivity index (χ1) is 33.7. The quantitative estimate of drug-likeness (QED) is 0.0194. The number of amides is 11. The highest BCUT2D eigenvalue weighted by molar-refractivity contribution is 5.99. The molecule has 0 bridgehead atoms. The van der Waals surface area contributed by atoms with Gasteiger partial charge < -0.3 is 75.1 Å². The van der Waals surface area contributed by atoms with E-state index in [2.05, 4.69) is 42.2 Å². The third kappa shape index (κ3) is 18.9. The van der Waals surface area contributed by atoms with E-state index in [4.69, 9.17) is 22.9 Å². The Morgan fingerprint density at radius 1 is 0.611 bits per heavy atom. The fourth-order valence-electron chi connectivity index (χ4n) is 8.41. The highest BCUT2D eigenvalue weighted by atomic mass is 16.3.